The number of nitrogens with one attached hydrogen (secondary N) is 2. The number of nitrogens with zero attached hydrogens (tertiary/aromatic N) is 2. The minimum atomic E-state index is -0.396. The lowest BCUT2D eigenvalue weighted by molar-refractivity contribution is -0.123. The largest absolute Gasteiger partial charge is 0.483 e. The van der Waals surface area contributed by atoms with Crippen molar-refractivity contribution in [2.75, 3.05) is 6.61 Å². The summed E-state index contributed by atoms with van der Waals surface area (Å²) in [6.07, 6.45) is 0. The van der Waals surface area contributed by atoms with E-state index in [2.05, 4.69) is 29.5 Å². The maximum absolute atomic E-state index is 12.8. The van der Waals surface area contributed by atoms with Crippen LogP contribution in [0.15, 0.2) is 58.4 Å². The summed E-state index contributed by atoms with van der Waals surface area (Å²) in [5.74, 6) is 0.576. The van der Waals surface area contributed by atoms with Gasteiger partial charge in [0, 0.05) is 5.69 Å². The van der Waals surface area contributed by atoms with Crippen LogP contribution in [0.2, 0.25) is 0 Å². The van der Waals surface area contributed by atoms with Gasteiger partial charge in [-0.05, 0) is 56.0 Å². The number of H-pyrrole nitrogens is 1. The van der Waals surface area contributed by atoms with E-state index in [9.17, 15) is 9.59 Å². The molecule has 0 saturated heterocycles. The third kappa shape index (κ3) is 5.12. The second kappa shape index (κ2) is 9.47. The Labute approximate surface area is 181 Å². The Kier molecular flexibility index (Phi) is 6.74. The highest BCUT2D eigenvalue weighted by Gasteiger charge is 2.16. The van der Waals surface area contributed by atoms with Gasteiger partial charge in [0.2, 0.25) is 0 Å². The van der Waals surface area contributed by atoms with Crippen molar-refractivity contribution >= 4 is 11.6 Å². The molecule has 1 heterocycles. The molecule has 0 atom stereocenters. The number of ether oxygens (including phenoxy) is 1. The Morgan fingerprint density at radius 3 is 2.55 bits per heavy atom. The molecule has 2 aromatic carbocycles. The smallest absolute Gasteiger partial charge is 0.280 e. The fraction of sp³-hybridized carbons (Fsp3) is 0.292. The van der Waals surface area contributed by atoms with E-state index < -0.39 is 5.91 Å². The number of hydrogen-bond acceptors (Lipinski definition) is 4. The summed E-state index contributed by atoms with van der Waals surface area (Å²) in [5, 5.41) is 7.17. The number of benzene rings is 2. The van der Waals surface area contributed by atoms with Gasteiger partial charge in [-0.1, -0.05) is 44.2 Å². The van der Waals surface area contributed by atoms with Crippen molar-refractivity contribution < 1.29 is 9.53 Å². The van der Waals surface area contributed by atoms with Crippen molar-refractivity contribution in [3.8, 4) is 11.4 Å². The summed E-state index contributed by atoms with van der Waals surface area (Å²) in [7, 11) is 0. The van der Waals surface area contributed by atoms with Crippen LogP contribution in [-0.2, 0) is 4.79 Å². The summed E-state index contributed by atoms with van der Waals surface area (Å²) < 4.78 is 7.19. The number of aryl methyl sites for hydroxylation is 2. The zero-order valence-electron chi connectivity index (χ0n) is 18.5. The maximum Gasteiger partial charge on any atom is 0.280 e. The molecule has 1 amide bonds. The normalized spacial score (nSPS) is 11.6. The highest BCUT2D eigenvalue weighted by Crippen LogP contribution is 2.27. The summed E-state index contributed by atoms with van der Waals surface area (Å²) in [6, 6.07) is 15.2. The Morgan fingerprint density at radius 2 is 1.87 bits per heavy atom. The summed E-state index contributed by atoms with van der Waals surface area (Å²) in [6.45, 7) is 9.45. The number of rotatable bonds is 7. The van der Waals surface area contributed by atoms with Crippen molar-refractivity contribution in [1.29, 1.82) is 0 Å². The quantitative estimate of drug-likeness (QED) is 0.450. The fourth-order valence-electron chi connectivity index (χ4n) is 3.35. The molecule has 1 aromatic heterocycles. The van der Waals surface area contributed by atoms with Gasteiger partial charge in [0.15, 0.2) is 6.61 Å². The molecule has 0 fully saturated rings. The molecule has 0 unspecified atom stereocenters. The molecule has 162 valence electrons. The summed E-state index contributed by atoms with van der Waals surface area (Å²) >= 11 is 0. The van der Waals surface area contributed by atoms with Crippen LogP contribution in [0.5, 0.6) is 5.75 Å². The van der Waals surface area contributed by atoms with Crippen LogP contribution in [0, 0.1) is 13.8 Å². The highest BCUT2D eigenvalue weighted by atomic mass is 16.5. The standard InChI is InChI=1S/C24H28N4O3/c1-15(2)20-12-11-16(3)13-21(20)31-14-22(29)26-25-17(4)23-18(5)27-28(24(23)30)19-9-7-6-8-10-19/h6-13,15,27H,14H2,1-5H3,(H,26,29)/b25-17-. The molecule has 0 saturated carbocycles. The molecular weight excluding hydrogens is 392 g/mol. The zero-order chi connectivity index (χ0) is 22.5. The van der Waals surface area contributed by atoms with E-state index in [1.54, 1.807) is 13.8 Å². The van der Waals surface area contributed by atoms with E-state index in [0.29, 0.717) is 22.7 Å². The second-order valence-electron chi connectivity index (χ2n) is 7.80. The van der Waals surface area contributed by atoms with E-state index >= 15 is 0 Å². The van der Waals surface area contributed by atoms with Crippen LogP contribution in [-0.4, -0.2) is 28.0 Å². The molecule has 0 aliphatic rings. The number of aromatic amines is 1. The highest BCUT2D eigenvalue weighted by molar-refractivity contribution is 6.00. The third-order valence-corrected chi connectivity index (χ3v) is 4.95. The summed E-state index contributed by atoms with van der Waals surface area (Å²) in [5.41, 5.74) is 6.60. The number of aromatic nitrogens is 2. The molecule has 0 bridgehead atoms. The first-order chi connectivity index (χ1) is 14.8. The van der Waals surface area contributed by atoms with Gasteiger partial charge < -0.3 is 4.74 Å². The van der Waals surface area contributed by atoms with E-state index in [4.69, 9.17) is 4.74 Å². The van der Waals surface area contributed by atoms with Crippen molar-refractivity contribution in [2.24, 2.45) is 5.10 Å². The van der Waals surface area contributed by atoms with Crippen molar-refractivity contribution in [3.05, 3.63) is 81.3 Å². The van der Waals surface area contributed by atoms with Gasteiger partial charge in [0.05, 0.1) is 17.0 Å². The van der Waals surface area contributed by atoms with Crippen molar-refractivity contribution in [1.82, 2.24) is 15.2 Å². The number of hydrazone groups is 1. The second-order valence-corrected chi connectivity index (χ2v) is 7.80. The number of para-hydroxylation sites is 1. The molecule has 0 aliphatic heterocycles. The monoisotopic (exact) mass is 420 g/mol. The predicted molar refractivity (Wildman–Crippen MR) is 122 cm³/mol. The van der Waals surface area contributed by atoms with Crippen LogP contribution in [0.4, 0.5) is 0 Å². The van der Waals surface area contributed by atoms with E-state index in [1.807, 2.05) is 55.5 Å². The number of amides is 1. The van der Waals surface area contributed by atoms with Crippen LogP contribution < -0.4 is 15.7 Å². The minimum Gasteiger partial charge on any atom is -0.483 e. The van der Waals surface area contributed by atoms with E-state index in [0.717, 1.165) is 16.8 Å². The SMILES string of the molecule is C/C(=N/NC(=O)COc1cc(C)ccc1C(C)C)c1c(C)[nH]n(-c2ccccc2)c1=O. The topological polar surface area (TPSA) is 88.5 Å². The molecular formula is C24H28N4O3. The summed E-state index contributed by atoms with van der Waals surface area (Å²) in [4.78, 5) is 25.1. The Morgan fingerprint density at radius 1 is 1.16 bits per heavy atom. The number of carbonyl (C=O) groups excluding carboxylic acids is 1. The Balaban J connectivity index is 1.70. The Hall–Kier alpha value is -3.61. The van der Waals surface area contributed by atoms with Crippen LogP contribution in [0.25, 0.3) is 5.69 Å². The maximum atomic E-state index is 12.8. The predicted octanol–water partition coefficient (Wildman–Crippen LogP) is 3.83. The number of carbonyl (C=O) groups is 1. The van der Waals surface area contributed by atoms with Gasteiger partial charge in [0.25, 0.3) is 11.5 Å². The van der Waals surface area contributed by atoms with Gasteiger partial charge in [-0.2, -0.15) is 5.10 Å². The van der Waals surface area contributed by atoms with Gasteiger partial charge >= 0.3 is 0 Å². The van der Waals surface area contributed by atoms with E-state index in [-0.39, 0.29) is 18.1 Å². The zero-order valence-corrected chi connectivity index (χ0v) is 18.5. The van der Waals surface area contributed by atoms with Crippen molar-refractivity contribution in [2.45, 2.75) is 40.5 Å². The van der Waals surface area contributed by atoms with Gasteiger partial charge in [-0.3, -0.25) is 14.7 Å². The first-order valence-corrected chi connectivity index (χ1v) is 10.2. The lowest BCUT2D eigenvalue weighted by atomic mass is 10.0. The average Bonchev–Trinajstić information content (AvgIpc) is 3.05. The molecule has 31 heavy (non-hydrogen) atoms. The molecule has 2 N–H and O–H groups in total. The first kappa shape index (κ1) is 22.1. The Bertz CT molecular complexity index is 1160. The van der Waals surface area contributed by atoms with E-state index in [1.165, 1.54) is 4.68 Å². The molecule has 0 radical (unpaired) electrons. The molecule has 3 rings (SSSR count). The first-order valence-electron chi connectivity index (χ1n) is 10.2. The molecule has 0 spiro atoms. The fourth-order valence-corrected chi connectivity index (χ4v) is 3.35. The molecule has 3 aromatic rings. The van der Waals surface area contributed by atoms with Crippen molar-refractivity contribution in [3.63, 3.8) is 0 Å². The number of hydrogen-bond donors (Lipinski definition) is 2. The third-order valence-electron chi connectivity index (χ3n) is 4.95. The lowest BCUT2D eigenvalue weighted by Crippen LogP contribution is -2.27. The van der Waals surface area contributed by atoms with Crippen LogP contribution >= 0.6 is 0 Å². The molecule has 0 aliphatic carbocycles. The molecule has 7 heteroatoms. The van der Waals surface area contributed by atoms with Gasteiger partial charge in [-0.15, -0.1) is 0 Å². The van der Waals surface area contributed by atoms with Gasteiger partial charge in [0.1, 0.15) is 5.75 Å². The van der Waals surface area contributed by atoms with Crippen LogP contribution in [0.3, 0.4) is 0 Å². The minimum absolute atomic E-state index is 0.166. The van der Waals surface area contributed by atoms with Gasteiger partial charge in [-0.25, -0.2) is 10.1 Å². The lowest BCUT2D eigenvalue weighted by Gasteiger charge is -2.14. The molecule has 7 nitrogen and oxygen atoms in total. The van der Waals surface area contributed by atoms with Crippen LogP contribution in [0.1, 0.15) is 49.1 Å². The average molecular weight is 421 g/mol.